The zero-order chi connectivity index (χ0) is 21.2. The highest BCUT2D eigenvalue weighted by Gasteiger charge is 2.44. The number of alkyl halides is 3. The van der Waals surface area contributed by atoms with Gasteiger partial charge in [-0.15, -0.1) is 0 Å². The van der Waals surface area contributed by atoms with Crippen LogP contribution in [0.25, 0.3) is 0 Å². The molecule has 0 unspecified atom stereocenters. The Morgan fingerprint density at radius 3 is 2.72 bits per heavy atom. The van der Waals surface area contributed by atoms with Crippen molar-refractivity contribution in [3.8, 4) is 0 Å². The van der Waals surface area contributed by atoms with Gasteiger partial charge in [-0.3, -0.25) is 5.41 Å². The van der Waals surface area contributed by atoms with Gasteiger partial charge in [0, 0.05) is 12.4 Å². The number of rotatable bonds is 4. The highest BCUT2D eigenvalue weighted by atomic mass is 35.5. The normalized spacial score (nSPS) is 11.3. The van der Waals surface area contributed by atoms with Gasteiger partial charge in [-0.05, 0) is 23.4 Å². The van der Waals surface area contributed by atoms with Crippen molar-refractivity contribution < 1.29 is 31.8 Å². The van der Waals surface area contributed by atoms with Crippen molar-refractivity contribution in [2.24, 2.45) is 0 Å². The van der Waals surface area contributed by atoms with Gasteiger partial charge in [0.15, 0.2) is 11.5 Å². The topological polar surface area (TPSA) is 110 Å². The first kappa shape index (κ1) is 20.3. The molecule has 0 saturated carbocycles. The molecule has 14 heteroatoms. The lowest BCUT2D eigenvalue weighted by atomic mass is 10.2. The van der Waals surface area contributed by atoms with E-state index in [0.29, 0.717) is 0 Å². The standard InChI is InChI=1S/C15H9ClF4N6O3/c16-9-5-8(1-2-10(9)17)26(28-14(27)15(18,19)20)13(21)12-11(23-29-24-12)6-25-4-3-22-7-25/h1-5,7,21H,6H2. The highest BCUT2D eigenvalue weighted by Crippen LogP contribution is 2.27. The van der Waals surface area contributed by atoms with Crippen LogP contribution in [0.2, 0.25) is 5.02 Å². The number of benzene rings is 1. The van der Waals surface area contributed by atoms with Crippen LogP contribution in [0.4, 0.5) is 23.2 Å². The molecule has 0 spiro atoms. The fourth-order valence-electron chi connectivity index (χ4n) is 2.11. The Balaban J connectivity index is 1.97. The predicted octanol–water partition coefficient (Wildman–Crippen LogP) is 2.96. The average Bonchev–Trinajstić information content (AvgIpc) is 3.33. The predicted molar refractivity (Wildman–Crippen MR) is 88.5 cm³/mol. The number of nitrogens with one attached hydrogen (secondary N) is 1. The Morgan fingerprint density at radius 2 is 2.10 bits per heavy atom. The SMILES string of the molecule is N=C(c1nonc1Cn1ccnc1)N(OC(=O)C(F)(F)F)c1ccc(F)c(Cl)c1. The first-order chi connectivity index (χ1) is 13.7. The summed E-state index contributed by atoms with van der Waals surface area (Å²) in [5, 5.41) is 15.0. The van der Waals surface area contributed by atoms with Crippen molar-refractivity contribution in [2.75, 3.05) is 5.06 Å². The van der Waals surface area contributed by atoms with Crippen molar-refractivity contribution in [1.29, 1.82) is 5.41 Å². The molecule has 1 aromatic carbocycles. The molecule has 0 fully saturated rings. The van der Waals surface area contributed by atoms with Gasteiger partial charge in [0.05, 0.1) is 23.6 Å². The number of nitrogens with zero attached hydrogens (tertiary/aromatic N) is 5. The molecule has 9 nitrogen and oxygen atoms in total. The number of imidazole rings is 1. The molecule has 0 saturated heterocycles. The van der Waals surface area contributed by atoms with Crippen LogP contribution in [0.5, 0.6) is 0 Å². The Labute approximate surface area is 163 Å². The number of carbonyl (C=O) groups excluding carboxylic acids is 1. The third-order valence-corrected chi connectivity index (χ3v) is 3.71. The molecular weight excluding hydrogens is 424 g/mol. The molecule has 0 amide bonds. The fourth-order valence-corrected chi connectivity index (χ4v) is 2.29. The maximum absolute atomic E-state index is 13.4. The van der Waals surface area contributed by atoms with Crippen LogP contribution in [-0.4, -0.2) is 37.8 Å². The van der Waals surface area contributed by atoms with E-state index in [2.05, 4.69) is 24.8 Å². The molecule has 1 N–H and O–H groups in total. The summed E-state index contributed by atoms with van der Waals surface area (Å²) in [5.74, 6) is -4.31. The van der Waals surface area contributed by atoms with Gasteiger partial charge in [-0.1, -0.05) is 16.8 Å². The Kier molecular flexibility index (Phi) is 5.50. The minimum Gasteiger partial charge on any atom is -0.331 e. The second-order valence-electron chi connectivity index (χ2n) is 5.41. The van der Waals surface area contributed by atoms with Gasteiger partial charge in [0.1, 0.15) is 11.5 Å². The van der Waals surface area contributed by atoms with Crippen LogP contribution in [0.3, 0.4) is 0 Å². The summed E-state index contributed by atoms with van der Waals surface area (Å²) in [6.07, 6.45) is -0.910. The maximum atomic E-state index is 13.4. The number of anilines is 1. The van der Waals surface area contributed by atoms with Gasteiger partial charge < -0.3 is 9.40 Å². The lowest BCUT2D eigenvalue weighted by Crippen LogP contribution is -2.39. The molecule has 3 rings (SSSR count). The number of hydroxylamine groups is 1. The lowest BCUT2D eigenvalue weighted by molar-refractivity contribution is -0.199. The van der Waals surface area contributed by atoms with E-state index >= 15 is 0 Å². The number of halogens is 5. The molecule has 0 aliphatic rings. The van der Waals surface area contributed by atoms with Crippen LogP contribution in [-0.2, 0) is 16.2 Å². The van der Waals surface area contributed by atoms with E-state index in [1.807, 2.05) is 0 Å². The third kappa shape index (κ3) is 4.51. The van der Waals surface area contributed by atoms with E-state index < -0.39 is 28.8 Å². The molecule has 0 aliphatic heterocycles. The van der Waals surface area contributed by atoms with Gasteiger partial charge in [-0.25, -0.2) is 18.8 Å². The van der Waals surface area contributed by atoms with Crippen LogP contribution < -0.4 is 5.06 Å². The highest BCUT2D eigenvalue weighted by molar-refractivity contribution is 6.31. The summed E-state index contributed by atoms with van der Waals surface area (Å²) in [7, 11) is 0. The number of hydrogen-bond acceptors (Lipinski definition) is 7. The van der Waals surface area contributed by atoms with Crippen LogP contribution in [0.1, 0.15) is 11.4 Å². The molecule has 2 heterocycles. The molecule has 0 bridgehead atoms. The second-order valence-corrected chi connectivity index (χ2v) is 5.82. The molecule has 3 aromatic rings. The Morgan fingerprint density at radius 1 is 1.34 bits per heavy atom. The second kappa shape index (κ2) is 7.87. The van der Waals surface area contributed by atoms with E-state index in [1.54, 1.807) is 6.20 Å². The summed E-state index contributed by atoms with van der Waals surface area (Å²) in [4.78, 5) is 19.5. The average molecular weight is 433 g/mol. The zero-order valence-electron chi connectivity index (χ0n) is 14.0. The Bertz CT molecular complexity index is 1040. The van der Waals surface area contributed by atoms with E-state index in [0.717, 1.165) is 18.2 Å². The molecule has 2 aromatic heterocycles. The monoisotopic (exact) mass is 432 g/mol. The van der Waals surface area contributed by atoms with Crippen molar-refractivity contribution >= 4 is 29.1 Å². The summed E-state index contributed by atoms with van der Waals surface area (Å²) in [5.41, 5.74) is -0.626. The van der Waals surface area contributed by atoms with E-state index in [4.69, 9.17) is 17.0 Å². The molecule has 0 radical (unpaired) electrons. The van der Waals surface area contributed by atoms with Gasteiger partial charge in [0.2, 0.25) is 0 Å². The Hall–Kier alpha value is -3.48. The quantitative estimate of drug-likeness (QED) is 0.292. The number of aromatic nitrogens is 4. The van der Waals surface area contributed by atoms with Crippen molar-refractivity contribution in [3.05, 3.63) is 59.1 Å². The summed E-state index contributed by atoms with van der Waals surface area (Å²) < 4.78 is 57.6. The van der Waals surface area contributed by atoms with Gasteiger partial charge in [0.25, 0.3) is 0 Å². The van der Waals surface area contributed by atoms with Crippen molar-refractivity contribution in [2.45, 2.75) is 12.7 Å². The maximum Gasteiger partial charge on any atom is 0.493 e. The van der Waals surface area contributed by atoms with Crippen LogP contribution >= 0.6 is 11.6 Å². The molecule has 152 valence electrons. The minimum atomic E-state index is -5.36. The number of amidine groups is 1. The van der Waals surface area contributed by atoms with Crippen molar-refractivity contribution in [1.82, 2.24) is 19.9 Å². The molecular formula is C15H9ClF4N6O3. The van der Waals surface area contributed by atoms with Crippen LogP contribution in [0.15, 0.2) is 41.5 Å². The summed E-state index contributed by atoms with van der Waals surface area (Å²) in [6.45, 7) is 0.00639. The summed E-state index contributed by atoms with van der Waals surface area (Å²) in [6, 6.07) is 2.66. The number of hydrogen-bond donors (Lipinski definition) is 1. The zero-order valence-corrected chi connectivity index (χ0v) is 14.8. The van der Waals surface area contributed by atoms with Crippen molar-refractivity contribution in [3.63, 3.8) is 0 Å². The first-order valence-electron chi connectivity index (χ1n) is 7.57. The van der Waals surface area contributed by atoms with Crippen LogP contribution in [0, 0.1) is 11.2 Å². The third-order valence-electron chi connectivity index (χ3n) is 3.42. The number of carbonyl (C=O) groups is 1. The summed E-state index contributed by atoms with van der Waals surface area (Å²) >= 11 is 5.65. The lowest BCUT2D eigenvalue weighted by Gasteiger charge is -2.23. The molecule has 0 atom stereocenters. The van der Waals surface area contributed by atoms with Gasteiger partial charge >= 0.3 is 12.1 Å². The van der Waals surface area contributed by atoms with Gasteiger partial charge in [-0.2, -0.15) is 18.2 Å². The first-order valence-corrected chi connectivity index (χ1v) is 7.95. The molecule has 29 heavy (non-hydrogen) atoms. The largest absolute Gasteiger partial charge is 0.493 e. The minimum absolute atomic E-state index is 0.00639. The smallest absolute Gasteiger partial charge is 0.331 e. The van der Waals surface area contributed by atoms with E-state index in [-0.39, 0.29) is 28.7 Å². The van der Waals surface area contributed by atoms with E-state index in [1.165, 1.54) is 17.1 Å². The van der Waals surface area contributed by atoms with E-state index in [9.17, 15) is 22.4 Å². The fraction of sp³-hybridized carbons (Fsp3) is 0.133. The molecule has 0 aliphatic carbocycles.